The minimum absolute atomic E-state index is 0.513. The molecule has 19 heavy (non-hydrogen) atoms. The van der Waals surface area contributed by atoms with E-state index in [1.54, 1.807) is 18.5 Å². The molecule has 0 saturated carbocycles. The van der Waals surface area contributed by atoms with E-state index in [4.69, 9.17) is 10.00 Å². The zero-order chi connectivity index (χ0) is 13.1. The molecular weight excluding hydrogens is 238 g/mol. The van der Waals surface area contributed by atoms with E-state index in [9.17, 15) is 0 Å². The third kappa shape index (κ3) is 2.60. The molecule has 0 bridgehead atoms. The summed E-state index contributed by atoms with van der Waals surface area (Å²) in [5, 5.41) is 8.85. The van der Waals surface area contributed by atoms with E-state index in [2.05, 4.69) is 16.0 Å². The van der Waals surface area contributed by atoms with Crippen molar-refractivity contribution in [3.63, 3.8) is 0 Å². The molecule has 0 fully saturated rings. The van der Waals surface area contributed by atoms with Crippen molar-refractivity contribution in [3.05, 3.63) is 47.5 Å². The second-order valence-corrected chi connectivity index (χ2v) is 4.89. The molecule has 4 heteroatoms. The van der Waals surface area contributed by atoms with Gasteiger partial charge >= 0.3 is 0 Å². The van der Waals surface area contributed by atoms with E-state index in [0.29, 0.717) is 18.1 Å². The lowest BCUT2D eigenvalue weighted by atomic mass is 9.90. The van der Waals surface area contributed by atoms with Crippen LogP contribution >= 0.6 is 0 Å². The molecule has 1 unspecified atom stereocenters. The average molecular weight is 253 g/mol. The maximum absolute atomic E-state index is 8.85. The number of hydrogen-bond acceptors (Lipinski definition) is 3. The van der Waals surface area contributed by atoms with Crippen molar-refractivity contribution in [2.45, 2.75) is 19.3 Å². The molecule has 96 valence electrons. The molecule has 1 aromatic carbocycles. The van der Waals surface area contributed by atoms with Crippen LogP contribution in [-0.2, 0) is 12.8 Å². The van der Waals surface area contributed by atoms with Crippen molar-refractivity contribution in [1.82, 2.24) is 9.97 Å². The first-order valence-electron chi connectivity index (χ1n) is 6.49. The van der Waals surface area contributed by atoms with E-state index in [1.165, 1.54) is 11.4 Å². The fraction of sp³-hybridized carbons (Fsp3) is 0.333. The summed E-state index contributed by atoms with van der Waals surface area (Å²) in [5.74, 6) is 1.29. The number of nitrogens with zero attached hydrogens (tertiary/aromatic N) is 2. The Hall–Kier alpha value is -2.28. The minimum Gasteiger partial charge on any atom is -0.493 e. The van der Waals surface area contributed by atoms with E-state index < -0.39 is 0 Å². The van der Waals surface area contributed by atoms with Gasteiger partial charge in [-0.05, 0) is 43.4 Å². The predicted molar refractivity (Wildman–Crippen MR) is 70.8 cm³/mol. The highest BCUT2D eigenvalue weighted by Gasteiger charge is 2.20. The number of nitriles is 1. The third-order valence-electron chi connectivity index (χ3n) is 3.54. The molecular formula is C15H15N3O. The Morgan fingerprint density at radius 1 is 1.47 bits per heavy atom. The van der Waals surface area contributed by atoms with E-state index in [0.717, 1.165) is 25.0 Å². The van der Waals surface area contributed by atoms with Crippen LogP contribution in [0.15, 0.2) is 30.6 Å². The van der Waals surface area contributed by atoms with Crippen LogP contribution in [0.1, 0.15) is 23.4 Å². The third-order valence-corrected chi connectivity index (χ3v) is 3.54. The van der Waals surface area contributed by atoms with Gasteiger partial charge in [-0.15, -0.1) is 0 Å². The van der Waals surface area contributed by atoms with Gasteiger partial charge in [0.05, 0.1) is 30.3 Å². The van der Waals surface area contributed by atoms with Gasteiger partial charge in [0, 0.05) is 5.69 Å². The molecule has 1 heterocycles. The van der Waals surface area contributed by atoms with E-state index in [-0.39, 0.29) is 0 Å². The van der Waals surface area contributed by atoms with Crippen LogP contribution in [0.25, 0.3) is 0 Å². The highest BCUT2D eigenvalue weighted by Crippen LogP contribution is 2.24. The number of imidazole rings is 1. The number of hydrogen-bond donors (Lipinski definition) is 1. The minimum atomic E-state index is 0.513. The number of aromatic nitrogens is 2. The van der Waals surface area contributed by atoms with Gasteiger partial charge in [0.2, 0.25) is 0 Å². The van der Waals surface area contributed by atoms with Gasteiger partial charge in [-0.1, -0.05) is 6.07 Å². The predicted octanol–water partition coefficient (Wildman–Crippen LogP) is 2.47. The average Bonchev–Trinajstić information content (AvgIpc) is 2.93. The molecule has 0 radical (unpaired) electrons. The summed E-state index contributed by atoms with van der Waals surface area (Å²) in [6, 6.07) is 9.43. The molecule has 0 spiro atoms. The number of aromatic amines is 1. The standard InChI is InChI=1S/C15H15N3O/c16-8-11-2-1-3-13(6-11)19-9-12-4-5-14-15(7-12)18-10-17-14/h1-3,6,10,12H,4-5,7,9H2,(H,17,18). The Kier molecular flexibility index (Phi) is 3.20. The topological polar surface area (TPSA) is 61.7 Å². The molecule has 1 aromatic heterocycles. The molecule has 3 rings (SSSR count). The zero-order valence-corrected chi connectivity index (χ0v) is 10.6. The summed E-state index contributed by atoms with van der Waals surface area (Å²) in [5.41, 5.74) is 3.07. The van der Waals surface area contributed by atoms with Gasteiger partial charge in [-0.3, -0.25) is 0 Å². The Morgan fingerprint density at radius 3 is 3.32 bits per heavy atom. The van der Waals surface area contributed by atoms with Crippen LogP contribution in [-0.4, -0.2) is 16.6 Å². The molecule has 0 aliphatic heterocycles. The van der Waals surface area contributed by atoms with Crippen molar-refractivity contribution >= 4 is 0 Å². The normalized spacial score (nSPS) is 17.5. The van der Waals surface area contributed by atoms with Crippen molar-refractivity contribution in [2.24, 2.45) is 5.92 Å². The van der Waals surface area contributed by atoms with E-state index >= 15 is 0 Å². The first kappa shape index (κ1) is 11.8. The fourth-order valence-corrected chi connectivity index (χ4v) is 2.48. The monoisotopic (exact) mass is 253 g/mol. The summed E-state index contributed by atoms with van der Waals surface area (Å²) in [7, 11) is 0. The van der Waals surface area contributed by atoms with Gasteiger partial charge in [0.1, 0.15) is 5.75 Å². The molecule has 0 amide bonds. The number of fused-ring (bicyclic) bond motifs is 1. The lowest BCUT2D eigenvalue weighted by molar-refractivity contribution is 0.233. The molecule has 1 atom stereocenters. The van der Waals surface area contributed by atoms with Gasteiger partial charge in [0.25, 0.3) is 0 Å². The first-order chi connectivity index (χ1) is 9.35. The number of ether oxygens (including phenoxy) is 1. The Bertz CT molecular complexity index is 612. The van der Waals surface area contributed by atoms with Crippen LogP contribution in [0, 0.1) is 17.2 Å². The number of benzene rings is 1. The van der Waals surface area contributed by atoms with Crippen LogP contribution in [0.3, 0.4) is 0 Å². The first-order valence-corrected chi connectivity index (χ1v) is 6.49. The second kappa shape index (κ2) is 5.15. The molecule has 4 nitrogen and oxygen atoms in total. The highest BCUT2D eigenvalue weighted by molar-refractivity contribution is 5.36. The maximum atomic E-state index is 8.85. The molecule has 1 aliphatic carbocycles. The van der Waals surface area contributed by atoms with Gasteiger partial charge in [-0.25, -0.2) is 4.98 Å². The van der Waals surface area contributed by atoms with Gasteiger partial charge in [0.15, 0.2) is 0 Å². The number of rotatable bonds is 3. The number of H-pyrrole nitrogens is 1. The second-order valence-electron chi connectivity index (χ2n) is 4.89. The smallest absolute Gasteiger partial charge is 0.120 e. The van der Waals surface area contributed by atoms with Crippen molar-refractivity contribution < 1.29 is 4.74 Å². The summed E-state index contributed by atoms with van der Waals surface area (Å²) in [6.45, 7) is 0.688. The van der Waals surface area contributed by atoms with Crippen LogP contribution < -0.4 is 4.74 Å². The molecule has 2 aromatic rings. The summed E-state index contributed by atoms with van der Waals surface area (Å²) >= 11 is 0. The van der Waals surface area contributed by atoms with Crippen LogP contribution in [0.5, 0.6) is 5.75 Å². The summed E-state index contributed by atoms with van der Waals surface area (Å²) in [6.07, 6.45) is 4.89. The molecule has 0 saturated heterocycles. The van der Waals surface area contributed by atoms with Crippen LogP contribution in [0.4, 0.5) is 0 Å². The zero-order valence-electron chi connectivity index (χ0n) is 10.6. The Labute approximate surface area is 112 Å². The van der Waals surface area contributed by atoms with Gasteiger partial charge in [-0.2, -0.15) is 5.26 Å². The van der Waals surface area contributed by atoms with Gasteiger partial charge < -0.3 is 9.72 Å². The Morgan fingerprint density at radius 2 is 2.42 bits per heavy atom. The summed E-state index contributed by atoms with van der Waals surface area (Å²) in [4.78, 5) is 7.49. The highest BCUT2D eigenvalue weighted by atomic mass is 16.5. The lowest BCUT2D eigenvalue weighted by Gasteiger charge is -2.21. The largest absolute Gasteiger partial charge is 0.493 e. The number of nitrogens with one attached hydrogen (secondary N) is 1. The van der Waals surface area contributed by atoms with Crippen LogP contribution in [0.2, 0.25) is 0 Å². The fourth-order valence-electron chi connectivity index (χ4n) is 2.48. The number of aryl methyl sites for hydroxylation is 1. The van der Waals surface area contributed by atoms with E-state index in [1.807, 2.05) is 12.1 Å². The molecule has 1 N–H and O–H groups in total. The molecule has 1 aliphatic rings. The van der Waals surface area contributed by atoms with Crippen molar-refractivity contribution in [2.75, 3.05) is 6.61 Å². The van der Waals surface area contributed by atoms with Crippen molar-refractivity contribution in [1.29, 1.82) is 5.26 Å². The quantitative estimate of drug-likeness (QED) is 0.914. The Balaban J connectivity index is 1.60. The SMILES string of the molecule is N#Cc1cccc(OCC2CCc3nc[nH]c3C2)c1. The summed E-state index contributed by atoms with van der Waals surface area (Å²) < 4.78 is 5.79. The van der Waals surface area contributed by atoms with Crippen molar-refractivity contribution in [3.8, 4) is 11.8 Å². The lowest BCUT2D eigenvalue weighted by Crippen LogP contribution is -2.20. The maximum Gasteiger partial charge on any atom is 0.120 e.